The van der Waals surface area contributed by atoms with E-state index in [9.17, 15) is 9.50 Å². The Balaban J connectivity index is 1.44. The largest absolute Gasteiger partial charge is 0.385 e. The third kappa shape index (κ3) is 3.13. The van der Waals surface area contributed by atoms with Crippen molar-refractivity contribution in [3.05, 3.63) is 66.5 Å². The van der Waals surface area contributed by atoms with E-state index < -0.39 is 5.60 Å². The van der Waals surface area contributed by atoms with Gasteiger partial charge in [-0.25, -0.2) is 9.37 Å². The number of nitrogen functional groups attached to an aromatic ring is 1. The highest BCUT2D eigenvalue weighted by molar-refractivity contribution is 5.84. The standard InChI is InChI=1S/C21H20FN7O/c22-15-5-3-14(4-6-15)21(30)7-10-28(11-8-21)20-26-18(23)17-19(27-20)29(13-25-17)16-2-1-9-24-12-16/h1-6,9,12-13,30H,7-8,10-11H2,(H2,23,26,27). The highest BCUT2D eigenvalue weighted by Gasteiger charge is 2.35. The van der Waals surface area contributed by atoms with E-state index in [0.717, 1.165) is 5.69 Å². The van der Waals surface area contributed by atoms with Gasteiger partial charge < -0.3 is 15.7 Å². The molecule has 1 saturated heterocycles. The molecule has 0 saturated carbocycles. The second kappa shape index (κ2) is 7.03. The lowest BCUT2D eigenvalue weighted by Gasteiger charge is -2.38. The van der Waals surface area contributed by atoms with Crippen LogP contribution in [0.5, 0.6) is 0 Å². The Morgan fingerprint density at radius 2 is 1.83 bits per heavy atom. The number of aliphatic hydroxyl groups is 1. The summed E-state index contributed by atoms with van der Waals surface area (Å²) in [5, 5.41) is 11.0. The predicted molar refractivity (Wildman–Crippen MR) is 111 cm³/mol. The molecule has 0 aliphatic carbocycles. The lowest BCUT2D eigenvalue weighted by atomic mass is 9.84. The van der Waals surface area contributed by atoms with Crippen LogP contribution < -0.4 is 10.6 Å². The molecule has 0 radical (unpaired) electrons. The predicted octanol–water partition coefficient (Wildman–Crippen LogP) is 2.42. The maximum Gasteiger partial charge on any atom is 0.229 e. The first kappa shape index (κ1) is 18.4. The molecule has 0 unspecified atom stereocenters. The number of pyridine rings is 1. The highest BCUT2D eigenvalue weighted by atomic mass is 19.1. The summed E-state index contributed by atoms with van der Waals surface area (Å²) in [5.74, 6) is 0.478. The van der Waals surface area contributed by atoms with Gasteiger partial charge in [0.2, 0.25) is 5.95 Å². The highest BCUT2D eigenvalue weighted by Crippen LogP contribution is 2.34. The van der Waals surface area contributed by atoms with Gasteiger partial charge in [0.15, 0.2) is 17.0 Å². The van der Waals surface area contributed by atoms with Crippen molar-refractivity contribution in [3.63, 3.8) is 0 Å². The number of halogens is 1. The zero-order valence-corrected chi connectivity index (χ0v) is 16.1. The third-order valence-corrected chi connectivity index (χ3v) is 5.59. The maximum absolute atomic E-state index is 13.2. The third-order valence-electron chi connectivity index (χ3n) is 5.59. The monoisotopic (exact) mass is 405 g/mol. The van der Waals surface area contributed by atoms with Gasteiger partial charge in [0.05, 0.1) is 17.5 Å². The van der Waals surface area contributed by atoms with Crippen molar-refractivity contribution >= 4 is 22.9 Å². The van der Waals surface area contributed by atoms with E-state index in [1.54, 1.807) is 30.9 Å². The van der Waals surface area contributed by atoms with Crippen LogP contribution in [-0.4, -0.2) is 42.7 Å². The van der Waals surface area contributed by atoms with Crippen molar-refractivity contribution < 1.29 is 9.50 Å². The SMILES string of the molecule is Nc1nc(N2CCC(O)(c3ccc(F)cc3)CC2)nc2c1ncn2-c1cccnc1. The van der Waals surface area contributed by atoms with Gasteiger partial charge >= 0.3 is 0 Å². The second-order valence-corrected chi connectivity index (χ2v) is 7.43. The number of nitrogens with zero attached hydrogens (tertiary/aromatic N) is 6. The molecular weight excluding hydrogens is 385 g/mol. The lowest BCUT2D eigenvalue weighted by molar-refractivity contribution is 0.0115. The van der Waals surface area contributed by atoms with Gasteiger partial charge in [0.1, 0.15) is 12.1 Å². The molecule has 1 aliphatic rings. The molecule has 30 heavy (non-hydrogen) atoms. The zero-order valence-electron chi connectivity index (χ0n) is 16.1. The number of fused-ring (bicyclic) bond motifs is 1. The topological polar surface area (TPSA) is 106 Å². The summed E-state index contributed by atoms with van der Waals surface area (Å²) in [6, 6.07) is 9.77. The molecule has 0 amide bonds. The van der Waals surface area contributed by atoms with Crippen LogP contribution in [0.25, 0.3) is 16.9 Å². The van der Waals surface area contributed by atoms with E-state index in [2.05, 4.69) is 15.0 Å². The molecule has 5 rings (SSSR count). The quantitative estimate of drug-likeness (QED) is 0.539. The van der Waals surface area contributed by atoms with Crippen molar-refractivity contribution in [1.82, 2.24) is 24.5 Å². The summed E-state index contributed by atoms with van der Waals surface area (Å²) >= 11 is 0. The summed E-state index contributed by atoms with van der Waals surface area (Å²) in [6.07, 6.45) is 6.03. The van der Waals surface area contributed by atoms with Gasteiger partial charge in [0, 0.05) is 19.3 Å². The molecule has 0 spiro atoms. The Bertz CT molecular complexity index is 1190. The Kier molecular flexibility index (Phi) is 4.32. The minimum Gasteiger partial charge on any atom is -0.385 e. The molecule has 0 atom stereocenters. The number of imidazole rings is 1. The van der Waals surface area contributed by atoms with E-state index in [-0.39, 0.29) is 5.82 Å². The fourth-order valence-electron chi connectivity index (χ4n) is 3.86. The van der Waals surface area contributed by atoms with E-state index in [1.165, 1.54) is 12.1 Å². The lowest BCUT2D eigenvalue weighted by Crippen LogP contribution is -2.43. The average Bonchev–Trinajstić information content (AvgIpc) is 3.20. The van der Waals surface area contributed by atoms with E-state index in [0.29, 0.717) is 54.4 Å². The van der Waals surface area contributed by atoms with Crippen LogP contribution in [0.4, 0.5) is 16.2 Å². The fraction of sp³-hybridized carbons (Fsp3) is 0.238. The van der Waals surface area contributed by atoms with Gasteiger partial charge in [-0.3, -0.25) is 9.55 Å². The smallest absolute Gasteiger partial charge is 0.229 e. The number of hydrogen-bond acceptors (Lipinski definition) is 7. The molecular formula is C21H20FN7O. The van der Waals surface area contributed by atoms with E-state index in [1.807, 2.05) is 21.6 Å². The van der Waals surface area contributed by atoms with Crippen molar-refractivity contribution in [1.29, 1.82) is 0 Å². The van der Waals surface area contributed by atoms with Crippen molar-refractivity contribution in [3.8, 4) is 5.69 Å². The number of hydrogen-bond donors (Lipinski definition) is 2. The van der Waals surface area contributed by atoms with Crippen LogP contribution >= 0.6 is 0 Å². The summed E-state index contributed by atoms with van der Waals surface area (Å²) in [7, 11) is 0. The van der Waals surface area contributed by atoms with Crippen molar-refractivity contribution in [2.24, 2.45) is 0 Å². The van der Waals surface area contributed by atoms with Crippen LogP contribution in [0.1, 0.15) is 18.4 Å². The first-order valence-corrected chi connectivity index (χ1v) is 9.68. The van der Waals surface area contributed by atoms with Crippen LogP contribution in [0.2, 0.25) is 0 Å². The molecule has 1 aromatic carbocycles. The number of benzene rings is 1. The Morgan fingerprint density at radius 1 is 1.07 bits per heavy atom. The number of anilines is 2. The second-order valence-electron chi connectivity index (χ2n) is 7.43. The van der Waals surface area contributed by atoms with E-state index in [4.69, 9.17) is 10.7 Å². The van der Waals surface area contributed by atoms with Crippen LogP contribution in [0, 0.1) is 5.82 Å². The molecule has 152 valence electrons. The Morgan fingerprint density at radius 3 is 2.53 bits per heavy atom. The molecule has 1 fully saturated rings. The molecule has 9 heteroatoms. The van der Waals surface area contributed by atoms with Gasteiger partial charge in [-0.05, 0) is 42.7 Å². The zero-order chi connectivity index (χ0) is 20.7. The minimum atomic E-state index is -1.00. The molecule has 4 heterocycles. The maximum atomic E-state index is 13.2. The summed E-state index contributed by atoms with van der Waals surface area (Å²) in [6.45, 7) is 1.08. The number of rotatable bonds is 3. The Labute approximate surface area is 171 Å². The van der Waals surface area contributed by atoms with E-state index >= 15 is 0 Å². The van der Waals surface area contributed by atoms with Crippen LogP contribution in [-0.2, 0) is 5.60 Å². The van der Waals surface area contributed by atoms with Crippen LogP contribution in [0.3, 0.4) is 0 Å². The van der Waals surface area contributed by atoms with Gasteiger partial charge in [-0.1, -0.05) is 12.1 Å². The number of nitrogens with two attached hydrogens (primary N) is 1. The van der Waals surface area contributed by atoms with Crippen molar-refractivity contribution in [2.75, 3.05) is 23.7 Å². The number of piperidine rings is 1. The van der Waals surface area contributed by atoms with Gasteiger partial charge in [-0.15, -0.1) is 0 Å². The molecule has 3 aromatic heterocycles. The molecule has 4 aromatic rings. The summed E-state index contributed by atoms with van der Waals surface area (Å²) < 4.78 is 15.0. The van der Waals surface area contributed by atoms with Gasteiger partial charge in [-0.2, -0.15) is 9.97 Å². The minimum absolute atomic E-state index is 0.303. The van der Waals surface area contributed by atoms with Crippen molar-refractivity contribution in [2.45, 2.75) is 18.4 Å². The molecule has 8 nitrogen and oxygen atoms in total. The molecule has 1 aliphatic heterocycles. The summed E-state index contributed by atoms with van der Waals surface area (Å²) in [4.78, 5) is 19.6. The first-order valence-electron chi connectivity index (χ1n) is 9.68. The normalized spacial score (nSPS) is 16.1. The summed E-state index contributed by atoms with van der Waals surface area (Å²) in [5.41, 5.74) is 7.83. The molecule has 0 bridgehead atoms. The first-order chi connectivity index (χ1) is 14.5. The number of aromatic nitrogens is 5. The molecule has 3 N–H and O–H groups in total. The Hall–Kier alpha value is -3.59. The average molecular weight is 405 g/mol. The van der Waals surface area contributed by atoms with Gasteiger partial charge in [0.25, 0.3) is 0 Å². The fourth-order valence-corrected chi connectivity index (χ4v) is 3.86. The van der Waals surface area contributed by atoms with Crippen LogP contribution in [0.15, 0.2) is 55.1 Å².